The summed E-state index contributed by atoms with van der Waals surface area (Å²) in [5.74, 6) is 1.08. The molecule has 2 aromatic heterocycles. The van der Waals surface area contributed by atoms with E-state index in [1.807, 2.05) is 18.2 Å². The van der Waals surface area contributed by atoms with Gasteiger partial charge in [-0.05, 0) is 54.1 Å². The fraction of sp³-hybridized carbons (Fsp3) is 0.222. The quantitative estimate of drug-likeness (QED) is 0.633. The first-order valence-electron chi connectivity index (χ1n) is 8.26. The molecule has 8 heteroatoms. The smallest absolute Gasteiger partial charge is 0.270 e. The lowest BCUT2D eigenvalue weighted by Crippen LogP contribution is -2.10. The summed E-state index contributed by atoms with van der Waals surface area (Å²) in [6.07, 6.45) is 4.93. The van der Waals surface area contributed by atoms with Gasteiger partial charge in [-0.25, -0.2) is 0 Å². The number of unbranched alkanes of at least 4 members (excludes halogenated alkanes) is 1. The lowest BCUT2D eigenvalue weighted by atomic mass is 10.2. The molecule has 0 fully saturated rings. The van der Waals surface area contributed by atoms with Crippen molar-refractivity contribution in [1.29, 1.82) is 0 Å². The average molecular weight is 372 g/mol. The number of nitrogens with zero attached hydrogens (tertiary/aromatic N) is 4. The predicted octanol–water partition coefficient (Wildman–Crippen LogP) is 4.04. The number of hydrogen-bond acceptors (Lipinski definition) is 5. The van der Waals surface area contributed by atoms with Crippen molar-refractivity contribution in [3.05, 3.63) is 53.3 Å². The first-order chi connectivity index (χ1) is 12.6. The van der Waals surface area contributed by atoms with Gasteiger partial charge < -0.3 is 4.42 Å². The molecular weight excluding hydrogens is 354 g/mol. The Morgan fingerprint density at radius 1 is 1.27 bits per heavy atom. The predicted molar refractivity (Wildman–Crippen MR) is 99.5 cm³/mol. The van der Waals surface area contributed by atoms with Crippen molar-refractivity contribution >= 4 is 29.5 Å². The largest absolute Gasteiger partial charge is 0.457 e. The van der Waals surface area contributed by atoms with Gasteiger partial charge in [0.15, 0.2) is 0 Å². The Morgan fingerprint density at radius 2 is 2.08 bits per heavy atom. The van der Waals surface area contributed by atoms with Gasteiger partial charge >= 0.3 is 0 Å². The van der Waals surface area contributed by atoms with Gasteiger partial charge in [-0.15, -0.1) is 5.10 Å². The maximum absolute atomic E-state index is 12.0. The third-order valence-electron chi connectivity index (χ3n) is 3.55. The van der Waals surface area contributed by atoms with Gasteiger partial charge in [-0.2, -0.15) is 4.80 Å². The van der Waals surface area contributed by atoms with Gasteiger partial charge in [0.05, 0.1) is 6.54 Å². The number of aromatic nitrogens is 4. The number of hydrogen-bond donors (Lipinski definition) is 1. The summed E-state index contributed by atoms with van der Waals surface area (Å²) >= 11 is 5.88. The molecule has 134 valence electrons. The Morgan fingerprint density at radius 3 is 2.85 bits per heavy atom. The topological polar surface area (TPSA) is 85.8 Å². The molecule has 3 rings (SSSR count). The number of carbonyl (C=O) groups is 1. The zero-order valence-corrected chi connectivity index (χ0v) is 15.0. The second-order valence-corrected chi connectivity index (χ2v) is 6.03. The van der Waals surface area contributed by atoms with Crippen LogP contribution in [0.5, 0.6) is 0 Å². The molecule has 0 unspecified atom stereocenters. The second-order valence-electron chi connectivity index (χ2n) is 5.59. The number of aryl methyl sites for hydroxylation is 1. The van der Waals surface area contributed by atoms with E-state index in [1.54, 1.807) is 24.3 Å². The number of carbonyl (C=O) groups excluding carboxylic acids is 1. The normalized spacial score (nSPS) is 11.2. The molecule has 0 radical (unpaired) electrons. The number of nitrogens with one attached hydrogen (secondary N) is 1. The van der Waals surface area contributed by atoms with Crippen LogP contribution in [0.2, 0.25) is 5.02 Å². The molecule has 0 saturated carbocycles. The molecule has 26 heavy (non-hydrogen) atoms. The summed E-state index contributed by atoms with van der Waals surface area (Å²) < 4.78 is 5.70. The van der Waals surface area contributed by atoms with Gasteiger partial charge in [0.1, 0.15) is 11.5 Å². The van der Waals surface area contributed by atoms with E-state index in [1.165, 1.54) is 10.9 Å². The molecule has 1 amide bonds. The highest BCUT2D eigenvalue weighted by Gasteiger charge is 2.06. The minimum Gasteiger partial charge on any atom is -0.457 e. The molecule has 0 spiro atoms. The Balaban J connectivity index is 1.58. The SMILES string of the molecule is CCCCn1nnc(NC(=O)C=Cc2ccc(-c3ccc(Cl)cc3)o2)n1. The summed E-state index contributed by atoms with van der Waals surface area (Å²) in [5, 5.41) is 15.0. The van der Waals surface area contributed by atoms with E-state index in [4.69, 9.17) is 16.0 Å². The van der Waals surface area contributed by atoms with Crippen LogP contribution in [0.15, 0.2) is 46.9 Å². The highest BCUT2D eigenvalue weighted by molar-refractivity contribution is 6.30. The van der Waals surface area contributed by atoms with Crippen LogP contribution in [0.25, 0.3) is 17.4 Å². The van der Waals surface area contributed by atoms with Crippen molar-refractivity contribution in [2.75, 3.05) is 5.32 Å². The maximum Gasteiger partial charge on any atom is 0.270 e. The van der Waals surface area contributed by atoms with Crippen molar-refractivity contribution in [2.24, 2.45) is 0 Å². The summed E-state index contributed by atoms with van der Waals surface area (Å²) in [5.41, 5.74) is 0.909. The maximum atomic E-state index is 12.0. The molecular formula is C18H18ClN5O2. The van der Waals surface area contributed by atoms with Crippen molar-refractivity contribution < 1.29 is 9.21 Å². The lowest BCUT2D eigenvalue weighted by Gasteiger charge is -1.96. The van der Waals surface area contributed by atoms with Crippen molar-refractivity contribution in [2.45, 2.75) is 26.3 Å². The Hall–Kier alpha value is -2.93. The molecule has 2 heterocycles. The van der Waals surface area contributed by atoms with Crippen LogP contribution in [0.3, 0.4) is 0 Å². The van der Waals surface area contributed by atoms with Crippen LogP contribution in [0.4, 0.5) is 5.95 Å². The van der Waals surface area contributed by atoms with Crippen LogP contribution in [-0.4, -0.2) is 26.1 Å². The number of amides is 1. The van der Waals surface area contributed by atoms with Crippen molar-refractivity contribution in [1.82, 2.24) is 20.2 Å². The molecule has 3 aromatic rings. The molecule has 0 bridgehead atoms. The fourth-order valence-electron chi connectivity index (χ4n) is 2.21. The Labute approximate surface area is 155 Å². The van der Waals surface area contributed by atoms with E-state index in [2.05, 4.69) is 27.7 Å². The minimum atomic E-state index is -0.357. The van der Waals surface area contributed by atoms with Crippen molar-refractivity contribution in [3.63, 3.8) is 0 Å². The van der Waals surface area contributed by atoms with E-state index in [0.29, 0.717) is 23.1 Å². The number of tetrazole rings is 1. The summed E-state index contributed by atoms with van der Waals surface area (Å²) in [6.45, 7) is 2.76. The molecule has 0 aliphatic heterocycles. The number of furan rings is 1. The summed E-state index contributed by atoms with van der Waals surface area (Å²) in [4.78, 5) is 13.4. The number of rotatable bonds is 7. The molecule has 1 aromatic carbocycles. The first kappa shape index (κ1) is 17.9. The number of halogens is 1. The van der Waals surface area contributed by atoms with E-state index >= 15 is 0 Å². The molecule has 1 N–H and O–H groups in total. The van der Waals surface area contributed by atoms with Crippen LogP contribution < -0.4 is 5.32 Å². The Kier molecular flexibility index (Phi) is 5.80. The third kappa shape index (κ3) is 4.80. The summed E-state index contributed by atoms with van der Waals surface area (Å²) in [7, 11) is 0. The van der Waals surface area contributed by atoms with E-state index in [0.717, 1.165) is 18.4 Å². The van der Waals surface area contributed by atoms with Gasteiger partial charge in [-0.3, -0.25) is 10.1 Å². The minimum absolute atomic E-state index is 0.178. The van der Waals surface area contributed by atoms with Gasteiger partial charge in [-0.1, -0.05) is 30.0 Å². The van der Waals surface area contributed by atoms with Crippen LogP contribution in [0.1, 0.15) is 25.5 Å². The number of anilines is 1. The first-order valence-corrected chi connectivity index (χ1v) is 8.64. The van der Waals surface area contributed by atoms with Crippen molar-refractivity contribution in [3.8, 4) is 11.3 Å². The highest BCUT2D eigenvalue weighted by atomic mass is 35.5. The second kappa shape index (κ2) is 8.44. The third-order valence-corrected chi connectivity index (χ3v) is 3.81. The van der Waals surface area contributed by atoms with E-state index < -0.39 is 0 Å². The van der Waals surface area contributed by atoms with Crippen LogP contribution >= 0.6 is 11.6 Å². The van der Waals surface area contributed by atoms with Gasteiger partial charge in [0, 0.05) is 16.7 Å². The molecule has 7 nitrogen and oxygen atoms in total. The standard InChI is InChI=1S/C18H18ClN5O2/c1-2-3-12-24-22-18(21-23-24)20-17(25)11-9-15-8-10-16(26-15)13-4-6-14(19)7-5-13/h4-11H,2-3,12H2,1H3,(H,20,22,25). The lowest BCUT2D eigenvalue weighted by molar-refractivity contribution is -0.111. The molecule has 0 atom stereocenters. The van der Waals surface area contributed by atoms with E-state index in [9.17, 15) is 4.79 Å². The molecule has 0 aliphatic rings. The zero-order chi connectivity index (χ0) is 18.4. The van der Waals surface area contributed by atoms with E-state index in [-0.39, 0.29) is 11.9 Å². The van der Waals surface area contributed by atoms with Gasteiger partial charge in [0.2, 0.25) is 0 Å². The zero-order valence-electron chi connectivity index (χ0n) is 14.2. The fourth-order valence-corrected chi connectivity index (χ4v) is 2.33. The molecule has 0 aliphatic carbocycles. The Bertz CT molecular complexity index is 898. The monoisotopic (exact) mass is 371 g/mol. The van der Waals surface area contributed by atoms with Crippen LogP contribution in [-0.2, 0) is 11.3 Å². The average Bonchev–Trinajstić information content (AvgIpc) is 3.28. The van der Waals surface area contributed by atoms with Crippen LogP contribution in [0, 0.1) is 0 Å². The summed E-state index contributed by atoms with van der Waals surface area (Å²) in [6, 6.07) is 10.9. The van der Waals surface area contributed by atoms with Gasteiger partial charge in [0.25, 0.3) is 11.9 Å². The highest BCUT2D eigenvalue weighted by Crippen LogP contribution is 2.24. The molecule has 0 saturated heterocycles. The number of benzene rings is 1.